The van der Waals surface area contributed by atoms with Crippen LogP contribution in [-0.4, -0.2) is 40.7 Å². The van der Waals surface area contributed by atoms with Crippen molar-refractivity contribution in [3.63, 3.8) is 0 Å². The fourth-order valence-electron chi connectivity index (χ4n) is 2.70. The van der Waals surface area contributed by atoms with Crippen LogP contribution in [0.5, 0.6) is 11.5 Å². The third kappa shape index (κ3) is 4.68. The summed E-state index contributed by atoms with van der Waals surface area (Å²) in [5.74, 6) is 2.10. The molecule has 0 aliphatic heterocycles. The van der Waals surface area contributed by atoms with Crippen molar-refractivity contribution in [1.82, 2.24) is 15.0 Å². The molecule has 0 aliphatic carbocycles. The monoisotopic (exact) mass is 381 g/mol. The van der Waals surface area contributed by atoms with E-state index in [-0.39, 0.29) is 12.5 Å². The van der Waals surface area contributed by atoms with Gasteiger partial charge in [-0.15, -0.1) is 0 Å². The molecule has 0 unspecified atom stereocenters. The third-order valence-corrected chi connectivity index (χ3v) is 4.24. The van der Waals surface area contributed by atoms with Crippen LogP contribution in [0.4, 0.5) is 0 Å². The lowest BCUT2D eigenvalue weighted by atomic mass is 10.2. The fourth-order valence-corrected chi connectivity index (χ4v) is 2.70. The van der Waals surface area contributed by atoms with E-state index in [2.05, 4.69) is 10.1 Å². The van der Waals surface area contributed by atoms with Crippen LogP contribution in [0.3, 0.4) is 0 Å². The molecule has 0 fully saturated rings. The standard InChI is InChI=1S/C21H23N3O4/c1-4-24(21(25)15(2)27-18-8-6-5-7-9-18)14-19-22-20(23-28-19)16-10-12-17(26-3)13-11-16/h5-13,15H,4,14H2,1-3H3/t15-/m1/s1. The van der Waals surface area contributed by atoms with Crippen LogP contribution in [0.1, 0.15) is 19.7 Å². The average molecular weight is 381 g/mol. The predicted molar refractivity (Wildman–Crippen MR) is 104 cm³/mol. The van der Waals surface area contributed by atoms with Gasteiger partial charge in [-0.2, -0.15) is 4.98 Å². The summed E-state index contributed by atoms with van der Waals surface area (Å²) in [6.07, 6.45) is -0.619. The minimum absolute atomic E-state index is 0.143. The van der Waals surface area contributed by atoms with Crippen molar-refractivity contribution in [2.75, 3.05) is 13.7 Å². The first-order valence-electron chi connectivity index (χ1n) is 9.08. The molecule has 0 N–H and O–H groups in total. The Kier molecular flexibility index (Phi) is 6.26. The molecule has 3 aromatic rings. The summed E-state index contributed by atoms with van der Waals surface area (Å²) in [6.45, 7) is 4.35. The van der Waals surface area contributed by atoms with E-state index in [9.17, 15) is 4.79 Å². The number of aromatic nitrogens is 2. The van der Waals surface area contributed by atoms with Gasteiger partial charge < -0.3 is 18.9 Å². The molecule has 28 heavy (non-hydrogen) atoms. The van der Waals surface area contributed by atoms with Crippen LogP contribution in [0.2, 0.25) is 0 Å². The van der Waals surface area contributed by atoms with Gasteiger partial charge in [0.25, 0.3) is 5.91 Å². The van der Waals surface area contributed by atoms with Gasteiger partial charge in [0, 0.05) is 12.1 Å². The predicted octanol–water partition coefficient (Wildman–Crippen LogP) is 3.56. The summed E-state index contributed by atoms with van der Waals surface area (Å²) in [5, 5.41) is 4.01. The molecule has 0 aliphatic rings. The lowest BCUT2D eigenvalue weighted by molar-refractivity contribution is -0.138. The van der Waals surface area contributed by atoms with Crippen LogP contribution >= 0.6 is 0 Å². The fraction of sp³-hybridized carbons (Fsp3) is 0.286. The van der Waals surface area contributed by atoms with Gasteiger partial charge in [0.2, 0.25) is 11.7 Å². The van der Waals surface area contributed by atoms with Crippen molar-refractivity contribution in [1.29, 1.82) is 0 Å². The van der Waals surface area contributed by atoms with Crippen molar-refractivity contribution in [3.05, 3.63) is 60.5 Å². The van der Waals surface area contributed by atoms with Crippen molar-refractivity contribution >= 4 is 5.91 Å². The number of likely N-dealkylation sites (N-methyl/N-ethyl adjacent to an activating group) is 1. The molecule has 1 atom stereocenters. The zero-order valence-electron chi connectivity index (χ0n) is 16.2. The molecule has 146 valence electrons. The quantitative estimate of drug-likeness (QED) is 0.594. The highest BCUT2D eigenvalue weighted by Gasteiger charge is 2.23. The molecule has 3 rings (SSSR count). The zero-order chi connectivity index (χ0) is 19.9. The molecule has 7 nitrogen and oxygen atoms in total. The number of hydrogen-bond acceptors (Lipinski definition) is 6. The maximum absolute atomic E-state index is 12.7. The molecule has 0 spiro atoms. The van der Waals surface area contributed by atoms with E-state index in [4.69, 9.17) is 14.0 Å². The smallest absolute Gasteiger partial charge is 0.263 e. The average Bonchev–Trinajstić information content (AvgIpc) is 3.21. The third-order valence-electron chi connectivity index (χ3n) is 4.24. The van der Waals surface area contributed by atoms with E-state index in [1.807, 2.05) is 61.5 Å². The van der Waals surface area contributed by atoms with Crippen molar-refractivity contribution in [3.8, 4) is 22.9 Å². The number of hydrogen-bond donors (Lipinski definition) is 0. The molecule has 1 heterocycles. The maximum Gasteiger partial charge on any atom is 0.263 e. The van der Waals surface area contributed by atoms with Gasteiger partial charge >= 0.3 is 0 Å². The first-order chi connectivity index (χ1) is 13.6. The number of methoxy groups -OCH3 is 1. The number of carbonyl (C=O) groups is 1. The number of ether oxygens (including phenoxy) is 2. The minimum Gasteiger partial charge on any atom is -0.497 e. The molecule has 0 saturated heterocycles. The maximum atomic E-state index is 12.7. The van der Waals surface area contributed by atoms with Crippen LogP contribution in [0.15, 0.2) is 59.1 Å². The van der Waals surface area contributed by atoms with Gasteiger partial charge in [0.15, 0.2) is 6.10 Å². The highest BCUT2D eigenvalue weighted by atomic mass is 16.5. The summed E-state index contributed by atoms with van der Waals surface area (Å²) >= 11 is 0. The number of nitrogens with zero attached hydrogens (tertiary/aromatic N) is 3. The molecule has 2 aromatic carbocycles. The largest absolute Gasteiger partial charge is 0.497 e. The number of amides is 1. The van der Waals surface area contributed by atoms with Gasteiger partial charge in [0.1, 0.15) is 18.0 Å². The van der Waals surface area contributed by atoms with Gasteiger partial charge in [-0.25, -0.2) is 0 Å². The minimum atomic E-state index is -0.619. The molecule has 1 aromatic heterocycles. The Bertz CT molecular complexity index is 894. The first kappa shape index (κ1) is 19.4. The second-order valence-corrected chi connectivity index (χ2v) is 6.17. The summed E-state index contributed by atoms with van der Waals surface area (Å²) < 4.78 is 16.2. The van der Waals surface area contributed by atoms with Crippen molar-refractivity contribution in [2.24, 2.45) is 0 Å². The molecule has 0 radical (unpaired) electrons. The van der Waals surface area contributed by atoms with E-state index in [1.54, 1.807) is 18.9 Å². The molecule has 7 heteroatoms. The molecular formula is C21H23N3O4. The van der Waals surface area contributed by atoms with Crippen LogP contribution in [0, 0.1) is 0 Å². The highest BCUT2D eigenvalue weighted by molar-refractivity contribution is 5.80. The molecular weight excluding hydrogens is 358 g/mol. The van der Waals surface area contributed by atoms with E-state index < -0.39 is 6.10 Å². The summed E-state index contributed by atoms with van der Waals surface area (Å²) in [7, 11) is 1.61. The van der Waals surface area contributed by atoms with Gasteiger partial charge in [-0.3, -0.25) is 4.79 Å². The van der Waals surface area contributed by atoms with Crippen LogP contribution < -0.4 is 9.47 Å². The highest BCUT2D eigenvalue weighted by Crippen LogP contribution is 2.20. The topological polar surface area (TPSA) is 77.7 Å². The number of para-hydroxylation sites is 1. The van der Waals surface area contributed by atoms with Gasteiger partial charge in [0.05, 0.1) is 7.11 Å². The second-order valence-electron chi connectivity index (χ2n) is 6.17. The number of carbonyl (C=O) groups excluding carboxylic acids is 1. The summed E-state index contributed by atoms with van der Waals surface area (Å²) in [6, 6.07) is 16.6. The van der Waals surface area contributed by atoms with E-state index in [1.165, 1.54) is 0 Å². The Morgan fingerprint density at radius 3 is 2.46 bits per heavy atom. The van der Waals surface area contributed by atoms with E-state index in [0.717, 1.165) is 11.3 Å². The van der Waals surface area contributed by atoms with E-state index in [0.29, 0.717) is 24.0 Å². The zero-order valence-corrected chi connectivity index (χ0v) is 16.2. The van der Waals surface area contributed by atoms with Gasteiger partial charge in [-0.05, 0) is 50.2 Å². The van der Waals surface area contributed by atoms with Crippen molar-refractivity contribution < 1.29 is 18.8 Å². The Balaban J connectivity index is 1.65. The van der Waals surface area contributed by atoms with Crippen molar-refractivity contribution in [2.45, 2.75) is 26.5 Å². The Morgan fingerprint density at radius 2 is 1.82 bits per heavy atom. The Labute approximate surface area is 163 Å². The van der Waals surface area contributed by atoms with Crippen LogP contribution in [-0.2, 0) is 11.3 Å². The van der Waals surface area contributed by atoms with E-state index >= 15 is 0 Å². The molecule has 1 amide bonds. The summed E-state index contributed by atoms with van der Waals surface area (Å²) in [4.78, 5) is 18.7. The molecule has 0 saturated carbocycles. The number of benzene rings is 2. The summed E-state index contributed by atoms with van der Waals surface area (Å²) in [5.41, 5.74) is 0.811. The number of rotatable bonds is 8. The first-order valence-corrected chi connectivity index (χ1v) is 9.08. The van der Waals surface area contributed by atoms with Crippen LogP contribution in [0.25, 0.3) is 11.4 Å². The normalized spacial score (nSPS) is 11.7. The Hall–Kier alpha value is -3.35. The SMILES string of the molecule is CCN(Cc1nc(-c2ccc(OC)cc2)no1)C(=O)[C@@H](C)Oc1ccccc1. The second kappa shape index (κ2) is 9.03. The molecule has 0 bridgehead atoms. The Morgan fingerprint density at radius 1 is 1.11 bits per heavy atom. The van der Waals surface area contributed by atoms with Gasteiger partial charge in [-0.1, -0.05) is 23.4 Å². The lowest BCUT2D eigenvalue weighted by Crippen LogP contribution is -2.40. The lowest BCUT2D eigenvalue weighted by Gasteiger charge is -2.23.